The Kier molecular flexibility index (Phi) is 21.6. The summed E-state index contributed by atoms with van der Waals surface area (Å²) in [4.78, 5) is 175. The largest absolute Gasteiger partial charge is 0.497 e. The molecule has 36 nitrogen and oxygen atoms in total. The second kappa shape index (κ2) is 33.1. The van der Waals surface area contributed by atoms with Gasteiger partial charge in [0.05, 0.1) is 95.5 Å². The van der Waals surface area contributed by atoms with Gasteiger partial charge in [-0.2, -0.15) is 5.10 Å². The van der Waals surface area contributed by atoms with E-state index in [1.807, 2.05) is 30.3 Å². The number of carbonyl (C=O) groups excluding carboxylic acids is 13. The van der Waals surface area contributed by atoms with Gasteiger partial charge in [0, 0.05) is 82.6 Å². The van der Waals surface area contributed by atoms with E-state index in [9.17, 15) is 62.3 Å². The zero-order valence-electron chi connectivity index (χ0n) is 66.5. The lowest BCUT2D eigenvalue weighted by molar-refractivity contribution is -0.123. The quantitative estimate of drug-likeness (QED) is 0.0256. The van der Waals surface area contributed by atoms with Crippen molar-refractivity contribution in [3.8, 4) is 70.4 Å². The van der Waals surface area contributed by atoms with Crippen molar-refractivity contribution < 1.29 is 86.5 Å². The Balaban J connectivity index is 0.000000123. The standard InChI is InChI=1S/C23H18N4O5.2C22H17N5O4.C22H18N4O5/c1-32-16-4-3-14-11-27(20(29)18(14)9-16)12-23(21(30)25-22(31)26-23)7-6-13-2-5-17-15(8-13)10-24-19(17)28;1-31-15-4-3-14-10-27(19(28)16(14)9-15)11-22(20(29)25-21(30)26-22)7-6-13-2-5-17-18(8-13)24-12-23-17;1-31-16-6-5-15-11-27(19(28)17(15)9-16)12-22(20(29)24-21(30)25-22)8-7-13-3-2-4-14-10-23-26-18(13)14;1-31-17-7-6-16-12-26(19(27)18(16)10-17)13-22(20(28)24-21(29)25-22)9-8-14-2-4-15(5-3-14)11-23-30/h2-5,8-9H,10-12H2,1H3,(H,24,28)(H2,25,26,30,31);2-5,8-9,12H,10-11H2,1H3,(H,23,24)(H2,25,26,29,30);2-6,9-10H,11-12H2,1H3,(H,23,26)(H2,24,25,29,30);2-7,10-11,30H,12-13H2,1H3,(H2,24,25,28,29)/t23-;3*22-/m1111/s1. The highest BCUT2D eigenvalue weighted by Gasteiger charge is 2.53. The van der Waals surface area contributed by atoms with Crippen molar-refractivity contribution in [2.24, 2.45) is 5.16 Å². The lowest BCUT2D eigenvalue weighted by atomic mass is 9.98. The van der Waals surface area contributed by atoms with Gasteiger partial charge in [0.1, 0.15) is 23.0 Å². The first-order valence-electron chi connectivity index (χ1n) is 38.3. The minimum Gasteiger partial charge on any atom is -0.497 e. The van der Waals surface area contributed by atoms with Crippen LogP contribution in [-0.4, -0.2) is 205 Å². The van der Waals surface area contributed by atoms with Crippen molar-refractivity contribution in [3.05, 3.63) is 248 Å². The number of hydrogen-bond acceptors (Lipinski definition) is 21. The molecule has 0 saturated carbocycles. The Morgan fingerprint density at radius 3 is 1.22 bits per heavy atom. The van der Waals surface area contributed by atoms with E-state index in [1.165, 1.54) is 54.3 Å². The summed E-state index contributed by atoms with van der Waals surface area (Å²) in [6.07, 6.45) is 4.53. The number of urea groups is 4. The number of amides is 17. The number of hydrogen-bond donors (Lipinski definition) is 12. The Hall–Kier alpha value is -17.3. The molecule has 9 aliphatic rings. The van der Waals surface area contributed by atoms with Gasteiger partial charge in [-0.15, -0.1) is 0 Å². The summed E-state index contributed by atoms with van der Waals surface area (Å²) in [6, 6.07) is 41.1. The SMILES string of the molecule is COc1ccc2c(c1)C(=O)N(C[C@@]1(C#Cc3ccc(C=NO)cc3)NC(=O)NC1=O)C2.COc1ccc2c(c1)C(=O)N(C[C@@]1(C#Cc3ccc4c(c3)CNC4=O)NC(=O)NC1=O)C2.COc1ccc2c(c1)C(=O)N(C[C@@]1(C#Cc3ccc4nc[nH]c4c3)NC(=O)NC1=O)C2.COc1ccc2c(c1)C(=O)N(C[C@@]1(C#Cc3cccc4cn[nH]c34)NC(=O)NC1=O)C2. The lowest BCUT2D eigenvalue weighted by Gasteiger charge is -2.26. The number of aromatic nitrogens is 4. The van der Waals surface area contributed by atoms with E-state index in [1.54, 1.807) is 134 Å². The van der Waals surface area contributed by atoms with E-state index < -0.39 is 69.9 Å². The van der Waals surface area contributed by atoms with Crippen molar-refractivity contribution in [1.29, 1.82) is 0 Å². The molecule has 0 spiro atoms. The van der Waals surface area contributed by atoms with Crippen molar-refractivity contribution in [3.63, 3.8) is 0 Å². The molecular formula is C89H70N18O18. The van der Waals surface area contributed by atoms with Crippen LogP contribution in [0.5, 0.6) is 23.0 Å². The fraction of sp³-hybridized carbons (Fsp3) is 0.191. The predicted octanol–water partition coefficient (Wildman–Crippen LogP) is 3.93. The van der Waals surface area contributed by atoms with Gasteiger partial charge in [-0.05, 0) is 137 Å². The fourth-order valence-electron chi connectivity index (χ4n) is 15.3. The summed E-state index contributed by atoms with van der Waals surface area (Å²) < 4.78 is 20.8. The van der Waals surface area contributed by atoms with Gasteiger partial charge >= 0.3 is 24.1 Å². The molecule has 9 aliphatic heterocycles. The van der Waals surface area contributed by atoms with Crippen molar-refractivity contribution >= 4 is 105 Å². The molecule has 17 amide bonds. The summed E-state index contributed by atoms with van der Waals surface area (Å²) >= 11 is 0. The number of carbonyl (C=O) groups is 13. The average molecular weight is 1680 g/mol. The number of nitrogens with zero attached hydrogens (tertiary/aromatic N) is 7. The van der Waals surface area contributed by atoms with Crippen LogP contribution in [0.25, 0.3) is 21.9 Å². The first-order valence-corrected chi connectivity index (χ1v) is 38.3. The van der Waals surface area contributed by atoms with Crippen molar-refractivity contribution in [2.75, 3.05) is 54.6 Å². The minimum absolute atomic E-state index is 0.0836. The number of benzene rings is 8. The number of imidazole rings is 1. The normalized spacial score (nSPS) is 19.9. The predicted molar refractivity (Wildman–Crippen MR) is 442 cm³/mol. The van der Waals surface area contributed by atoms with Crippen LogP contribution in [0, 0.1) is 47.4 Å². The number of H-pyrrole nitrogens is 2. The zero-order chi connectivity index (χ0) is 87.6. The number of para-hydroxylation sites is 1. The summed E-state index contributed by atoms with van der Waals surface area (Å²) in [5, 5.41) is 41.3. The number of fused-ring (bicyclic) bond motifs is 7. The van der Waals surface area contributed by atoms with Crippen LogP contribution in [0.1, 0.15) is 107 Å². The smallest absolute Gasteiger partial charge is 0.323 e. The number of imide groups is 4. The molecule has 4 saturated heterocycles. The molecule has 0 bridgehead atoms. The number of ether oxygens (including phenoxy) is 4. The van der Waals surface area contributed by atoms with Gasteiger partial charge in [0.2, 0.25) is 22.2 Å². The minimum atomic E-state index is -1.59. The Labute approximate surface area is 708 Å². The number of oxime groups is 1. The highest BCUT2D eigenvalue weighted by molar-refractivity contribution is 6.13. The Morgan fingerprint density at radius 1 is 0.432 bits per heavy atom. The van der Waals surface area contributed by atoms with E-state index in [0.717, 1.165) is 49.8 Å². The molecule has 36 heteroatoms. The Morgan fingerprint density at radius 2 is 0.824 bits per heavy atom. The maximum Gasteiger partial charge on any atom is 0.323 e. The maximum absolute atomic E-state index is 13.0. The van der Waals surface area contributed by atoms with Gasteiger partial charge in [0.25, 0.3) is 53.2 Å². The van der Waals surface area contributed by atoms with Gasteiger partial charge in [-0.25, -0.2) is 24.2 Å². The van der Waals surface area contributed by atoms with Crippen LogP contribution in [0.15, 0.2) is 169 Å². The molecular weight excluding hydrogens is 1610 g/mol. The summed E-state index contributed by atoms with van der Waals surface area (Å²) in [5.74, 6) is 22.0. The van der Waals surface area contributed by atoms with Crippen LogP contribution in [0.3, 0.4) is 0 Å². The van der Waals surface area contributed by atoms with Crippen LogP contribution in [-0.2, 0) is 51.9 Å². The van der Waals surface area contributed by atoms with E-state index in [2.05, 4.69) is 121 Å². The average Bonchev–Trinajstić information content (AvgIpc) is 1.63. The molecule has 10 aromatic rings. The third kappa shape index (κ3) is 16.2. The van der Waals surface area contributed by atoms with E-state index in [-0.39, 0.29) is 62.3 Å². The highest BCUT2D eigenvalue weighted by atomic mass is 16.5. The molecule has 0 radical (unpaired) electrons. The van der Waals surface area contributed by atoms with Crippen molar-refractivity contribution in [1.82, 2.24) is 87.6 Å². The number of nitrogens with one attached hydrogen (secondary N) is 11. The van der Waals surface area contributed by atoms with Crippen LogP contribution in [0.4, 0.5) is 19.2 Å². The van der Waals surface area contributed by atoms with Crippen LogP contribution >= 0.6 is 0 Å². The fourth-order valence-corrected chi connectivity index (χ4v) is 15.3. The van der Waals surface area contributed by atoms with Gasteiger partial charge in [-0.1, -0.05) is 101 Å². The Bertz CT molecular complexity index is 6650. The molecule has 4 fully saturated rings. The van der Waals surface area contributed by atoms with Gasteiger partial charge in [-0.3, -0.25) is 69.5 Å². The zero-order valence-corrected chi connectivity index (χ0v) is 66.5. The summed E-state index contributed by atoms with van der Waals surface area (Å²) in [6.45, 7) is 1.21. The third-order valence-corrected chi connectivity index (χ3v) is 21.7. The van der Waals surface area contributed by atoms with Crippen LogP contribution < -0.4 is 66.8 Å². The van der Waals surface area contributed by atoms with E-state index in [4.69, 9.17) is 24.2 Å². The molecule has 125 heavy (non-hydrogen) atoms. The number of aromatic amines is 2. The molecule has 624 valence electrons. The summed E-state index contributed by atoms with van der Waals surface area (Å²) in [5.41, 5.74) is 5.83. The summed E-state index contributed by atoms with van der Waals surface area (Å²) in [7, 11) is 6.10. The highest BCUT2D eigenvalue weighted by Crippen LogP contribution is 2.35. The third-order valence-electron chi connectivity index (χ3n) is 21.7. The number of rotatable bonds is 13. The molecule has 4 atom stereocenters. The molecule has 19 rings (SSSR count). The molecule has 0 unspecified atom stereocenters. The van der Waals surface area contributed by atoms with Crippen molar-refractivity contribution in [2.45, 2.75) is 54.9 Å². The molecule has 2 aromatic heterocycles. The van der Waals surface area contributed by atoms with E-state index >= 15 is 0 Å². The molecule has 11 heterocycles. The molecule has 12 N–H and O–H groups in total. The number of methoxy groups -OCH3 is 4. The topological polar surface area (TPSA) is 470 Å². The van der Waals surface area contributed by atoms with E-state index in [0.29, 0.717) is 105 Å². The monoisotopic (exact) mass is 1680 g/mol. The first kappa shape index (κ1) is 81.5. The second-order valence-electron chi connectivity index (χ2n) is 29.7. The van der Waals surface area contributed by atoms with Gasteiger partial charge in [0.15, 0.2) is 0 Å². The second-order valence-corrected chi connectivity index (χ2v) is 29.7. The van der Waals surface area contributed by atoms with Gasteiger partial charge < -0.3 is 75.3 Å². The lowest BCUT2D eigenvalue weighted by Crippen LogP contribution is -2.54. The maximum atomic E-state index is 13.0. The first-order chi connectivity index (χ1) is 60.3. The molecule has 0 aliphatic carbocycles. The molecule has 8 aromatic carbocycles. The van der Waals surface area contributed by atoms with Crippen LogP contribution in [0.2, 0.25) is 0 Å².